The van der Waals surface area contributed by atoms with Crippen molar-refractivity contribution < 1.29 is 0 Å². The first-order valence-corrected chi connectivity index (χ1v) is 5.15. The van der Waals surface area contributed by atoms with Crippen molar-refractivity contribution in [2.24, 2.45) is 17.4 Å². The summed E-state index contributed by atoms with van der Waals surface area (Å²) in [5, 5.41) is 0. The summed E-state index contributed by atoms with van der Waals surface area (Å²) < 4.78 is 0. The topological polar surface area (TPSA) is 52.0 Å². The Balaban J connectivity index is 2.28. The third-order valence-electron chi connectivity index (χ3n) is 3.01. The molecular formula is C10H22N2. The van der Waals surface area contributed by atoms with E-state index >= 15 is 0 Å². The molecule has 1 fully saturated rings. The number of hydrogen-bond acceptors (Lipinski definition) is 2. The highest BCUT2D eigenvalue weighted by molar-refractivity contribution is 4.90. The monoisotopic (exact) mass is 170 g/mol. The Kier molecular flexibility index (Phi) is 3.53. The fourth-order valence-electron chi connectivity index (χ4n) is 2.36. The van der Waals surface area contributed by atoms with Crippen molar-refractivity contribution in [2.45, 2.75) is 51.0 Å². The molecule has 1 atom stereocenters. The summed E-state index contributed by atoms with van der Waals surface area (Å²) >= 11 is 0. The molecule has 1 saturated carbocycles. The number of rotatable bonds is 4. The summed E-state index contributed by atoms with van der Waals surface area (Å²) in [5.41, 5.74) is 11.9. The summed E-state index contributed by atoms with van der Waals surface area (Å²) in [4.78, 5) is 0. The molecule has 4 N–H and O–H groups in total. The first kappa shape index (κ1) is 10.0. The molecule has 0 radical (unpaired) electrons. The molecule has 1 aliphatic carbocycles. The van der Waals surface area contributed by atoms with Crippen molar-refractivity contribution in [2.75, 3.05) is 6.54 Å². The van der Waals surface area contributed by atoms with Crippen molar-refractivity contribution in [1.29, 1.82) is 0 Å². The maximum atomic E-state index is 6.25. The third kappa shape index (κ3) is 2.76. The molecule has 1 aliphatic rings. The van der Waals surface area contributed by atoms with Gasteiger partial charge in [0, 0.05) is 5.54 Å². The summed E-state index contributed by atoms with van der Waals surface area (Å²) in [5.74, 6) is 0.707. The summed E-state index contributed by atoms with van der Waals surface area (Å²) in [6, 6.07) is 0. The Bertz CT molecular complexity index is 128. The standard InChI is InChI=1S/C10H22N2/c1-9(4-7-11)8-10(12)5-2-3-6-10/h9H,2-8,11-12H2,1H3. The molecule has 0 saturated heterocycles. The van der Waals surface area contributed by atoms with Crippen LogP contribution in [0, 0.1) is 5.92 Å². The Morgan fingerprint density at radius 3 is 2.42 bits per heavy atom. The van der Waals surface area contributed by atoms with Gasteiger partial charge in [-0.2, -0.15) is 0 Å². The van der Waals surface area contributed by atoms with Crippen LogP contribution >= 0.6 is 0 Å². The van der Waals surface area contributed by atoms with E-state index in [0.29, 0.717) is 5.92 Å². The van der Waals surface area contributed by atoms with Crippen molar-refractivity contribution in [3.8, 4) is 0 Å². The van der Waals surface area contributed by atoms with Crippen LogP contribution in [0.3, 0.4) is 0 Å². The predicted octanol–water partition coefficient (Wildman–Crippen LogP) is 1.63. The van der Waals surface area contributed by atoms with Gasteiger partial charge in [0.25, 0.3) is 0 Å². The second kappa shape index (κ2) is 4.24. The zero-order chi connectivity index (χ0) is 9.03. The van der Waals surface area contributed by atoms with Gasteiger partial charge in [-0.05, 0) is 38.1 Å². The van der Waals surface area contributed by atoms with E-state index in [1.807, 2.05) is 0 Å². The fraction of sp³-hybridized carbons (Fsp3) is 1.00. The van der Waals surface area contributed by atoms with E-state index in [0.717, 1.165) is 13.0 Å². The lowest BCUT2D eigenvalue weighted by Gasteiger charge is -2.27. The molecule has 0 heterocycles. The van der Waals surface area contributed by atoms with Gasteiger partial charge in [0.1, 0.15) is 0 Å². The number of nitrogens with two attached hydrogens (primary N) is 2. The zero-order valence-electron chi connectivity index (χ0n) is 8.18. The lowest BCUT2D eigenvalue weighted by Crippen LogP contribution is -2.38. The van der Waals surface area contributed by atoms with Crippen LogP contribution in [0.4, 0.5) is 0 Å². The molecule has 1 unspecified atom stereocenters. The molecule has 12 heavy (non-hydrogen) atoms. The lowest BCUT2D eigenvalue weighted by atomic mass is 9.86. The van der Waals surface area contributed by atoms with Crippen LogP contribution in [0.2, 0.25) is 0 Å². The fourth-order valence-corrected chi connectivity index (χ4v) is 2.36. The minimum absolute atomic E-state index is 0.161. The molecule has 2 heteroatoms. The Hall–Kier alpha value is -0.0800. The largest absolute Gasteiger partial charge is 0.330 e. The quantitative estimate of drug-likeness (QED) is 0.674. The first-order chi connectivity index (χ1) is 5.66. The average molecular weight is 170 g/mol. The minimum atomic E-state index is 0.161. The van der Waals surface area contributed by atoms with Gasteiger partial charge in [-0.15, -0.1) is 0 Å². The minimum Gasteiger partial charge on any atom is -0.330 e. The zero-order valence-corrected chi connectivity index (χ0v) is 8.18. The van der Waals surface area contributed by atoms with Crippen LogP contribution in [-0.4, -0.2) is 12.1 Å². The van der Waals surface area contributed by atoms with Crippen molar-refractivity contribution in [3.05, 3.63) is 0 Å². The van der Waals surface area contributed by atoms with Gasteiger partial charge in [0.15, 0.2) is 0 Å². The van der Waals surface area contributed by atoms with Crippen LogP contribution in [0.5, 0.6) is 0 Å². The number of hydrogen-bond donors (Lipinski definition) is 2. The van der Waals surface area contributed by atoms with Crippen molar-refractivity contribution in [1.82, 2.24) is 0 Å². The third-order valence-corrected chi connectivity index (χ3v) is 3.01. The van der Waals surface area contributed by atoms with Crippen LogP contribution in [0.1, 0.15) is 45.4 Å². The summed E-state index contributed by atoms with van der Waals surface area (Å²) in [7, 11) is 0. The molecule has 0 bridgehead atoms. The molecule has 0 aromatic heterocycles. The Morgan fingerprint density at radius 2 is 1.92 bits per heavy atom. The van der Waals surface area contributed by atoms with Crippen LogP contribution < -0.4 is 11.5 Å². The van der Waals surface area contributed by atoms with E-state index in [9.17, 15) is 0 Å². The van der Waals surface area contributed by atoms with Gasteiger partial charge in [-0.1, -0.05) is 19.8 Å². The molecule has 0 aliphatic heterocycles. The summed E-state index contributed by atoms with van der Waals surface area (Å²) in [6.07, 6.45) is 7.39. The smallest absolute Gasteiger partial charge is 0.0156 e. The summed E-state index contributed by atoms with van der Waals surface area (Å²) in [6.45, 7) is 3.07. The van der Waals surface area contributed by atoms with Gasteiger partial charge < -0.3 is 11.5 Å². The Labute approximate surface area is 75.7 Å². The first-order valence-electron chi connectivity index (χ1n) is 5.15. The van der Waals surface area contributed by atoms with E-state index in [-0.39, 0.29) is 5.54 Å². The molecule has 0 aromatic carbocycles. The van der Waals surface area contributed by atoms with Gasteiger partial charge in [-0.3, -0.25) is 0 Å². The SMILES string of the molecule is CC(CCN)CC1(N)CCCC1. The van der Waals surface area contributed by atoms with Gasteiger partial charge in [-0.25, -0.2) is 0 Å². The molecule has 2 nitrogen and oxygen atoms in total. The van der Waals surface area contributed by atoms with Gasteiger partial charge in [0.2, 0.25) is 0 Å². The van der Waals surface area contributed by atoms with E-state index in [2.05, 4.69) is 6.92 Å². The van der Waals surface area contributed by atoms with Crippen molar-refractivity contribution in [3.63, 3.8) is 0 Å². The maximum absolute atomic E-state index is 6.25. The molecule has 0 spiro atoms. The molecular weight excluding hydrogens is 148 g/mol. The molecule has 72 valence electrons. The average Bonchev–Trinajstić information content (AvgIpc) is 2.36. The van der Waals surface area contributed by atoms with Crippen molar-refractivity contribution >= 4 is 0 Å². The highest BCUT2D eigenvalue weighted by Crippen LogP contribution is 2.33. The lowest BCUT2D eigenvalue weighted by molar-refractivity contribution is 0.326. The second-order valence-corrected chi connectivity index (χ2v) is 4.46. The Morgan fingerprint density at radius 1 is 1.33 bits per heavy atom. The van der Waals surface area contributed by atoms with Crippen LogP contribution in [0.15, 0.2) is 0 Å². The van der Waals surface area contributed by atoms with Gasteiger partial charge >= 0.3 is 0 Å². The van der Waals surface area contributed by atoms with Gasteiger partial charge in [0.05, 0.1) is 0 Å². The maximum Gasteiger partial charge on any atom is 0.0156 e. The normalized spacial score (nSPS) is 24.2. The second-order valence-electron chi connectivity index (χ2n) is 4.46. The van der Waals surface area contributed by atoms with Crippen LogP contribution in [-0.2, 0) is 0 Å². The van der Waals surface area contributed by atoms with E-state index in [1.165, 1.54) is 32.1 Å². The highest BCUT2D eigenvalue weighted by Gasteiger charge is 2.30. The molecule has 0 aromatic rings. The van der Waals surface area contributed by atoms with E-state index < -0.39 is 0 Å². The van der Waals surface area contributed by atoms with E-state index in [1.54, 1.807) is 0 Å². The van der Waals surface area contributed by atoms with Crippen LogP contribution in [0.25, 0.3) is 0 Å². The molecule has 0 amide bonds. The van der Waals surface area contributed by atoms with E-state index in [4.69, 9.17) is 11.5 Å². The predicted molar refractivity (Wildman–Crippen MR) is 52.8 cm³/mol. The molecule has 1 rings (SSSR count). The highest BCUT2D eigenvalue weighted by atomic mass is 14.7.